The molecule has 4 rings (SSSR count). The molecule has 2 aromatic heterocycles. The summed E-state index contributed by atoms with van der Waals surface area (Å²) in [6, 6.07) is 8.27. The molecule has 134 valence electrons. The smallest absolute Gasteiger partial charge is 0.147 e. The first-order valence-corrected chi connectivity index (χ1v) is 9.29. The third-order valence-corrected chi connectivity index (χ3v) is 5.24. The zero-order chi connectivity index (χ0) is 17.9. The lowest BCUT2D eigenvalue weighted by Gasteiger charge is -2.31. The molecule has 0 aliphatic carbocycles. The Kier molecular flexibility index (Phi) is 4.72. The maximum absolute atomic E-state index is 9.82. The zero-order valence-corrected chi connectivity index (χ0v) is 15.2. The second kappa shape index (κ2) is 7.30. The minimum Gasteiger partial charge on any atom is -0.363 e. The van der Waals surface area contributed by atoms with Gasteiger partial charge in [0.1, 0.15) is 17.7 Å². The number of hydrogen-bond acceptors (Lipinski definition) is 6. The summed E-state index contributed by atoms with van der Waals surface area (Å²) >= 11 is 0. The van der Waals surface area contributed by atoms with E-state index < -0.39 is 0 Å². The Morgan fingerprint density at radius 1 is 1.19 bits per heavy atom. The minimum absolute atomic E-state index is 0.570. The zero-order valence-electron chi connectivity index (χ0n) is 15.2. The molecule has 2 aromatic rings. The number of pyridine rings is 2. The first-order valence-electron chi connectivity index (χ1n) is 9.29. The molecule has 0 spiro atoms. The monoisotopic (exact) mass is 348 g/mol. The van der Waals surface area contributed by atoms with Crippen molar-refractivity contribution in [3.05, 3.63) is 46.8 Å². The number of nitrogens with one attached hydrogen (secondary N) is 1. The molecule has 0 aromatic carbocycles. The highest BCUT2D eigenvalue weighted by Crippen LogP contribution is 2.34. The fourth-order valence-corrected chi connectivity index (χ4v) is 3.87. The second-order valence-corrected chi connectivity index (χ2v) is 7.08. The normalized spacial score (nSPS) is 17.0. The Balaban J connectivity index is 1.73. The molecule has 2 aliphatic rings. The lowest BCUT2D eigenvalue weighted by atomic mass is 9.95. The van der Waals surface area contributed by atoms with Crippen LogP contribution in [0.25, 0.3) is 0 Å². The molecule has 1 fully saturated rings. The van der Waals surface area contributed by atoms with Gasteiger partial charge in [-0.25, -0.2) is 4.98 Å². The van der Waals surface area contributed by atoms with Gasteiger partial charge in [0.15, 0.2) is 0 Å². The van der Waals surface area contributed by atoms with E-state index in [4.69, 9.17) is 4.98 Å². The van der Waals surface area contributed by atoms with Crippen molar-refractivity contribution < 1.29 is 0 Å². The quantitative estimate of drug-likeness (QED) is 0.916. The van der Waals surface area contributed by atoms with Crippen LogP contribution in [-0.4, -0.2) is 41.5 Å². The molecule has 0 saturated carbocycles. The molecule has 6 heteroatoms. The Hall–Kier alpha value is -2.65. The predicted molar refractivity (Wildman–Crippen MR) is 102 cm³/mol. The molecule has 6 nitrogen and oxygen atoms in total. The summed E-state index contributed by atoms with van der Waals surface area (Å²) in [7, 11) is 2.13. The topological polar surface area (TPSA) is 68.1 Å². The summed E-state index contributed by atoms with van der Waals surface area (Å²) < 4.78 is 0. The average Bonchev–Trinajstić information content (AvgIpc) is 3.20. The fourth-order valence-electron chi connectivity index (χ4n) is 3.87. The van der Waals surface area contributed by atoms with Crippen LogP contribution in [0.4, 0.5) is 11.6 Å². The Morgan fingerprint density at radius 2 is 2.04 bits per heavy atom. The van der Waals surface area contributed by atoms with Crippen LogP contribution < -0.4 is 10.2 Å². The standard InChI is InChI=1S/C20H24N6/c1-25-11-7-16-17(12-21)19(23-13-15-6-2-3-8-22-15)24-20(18(16)14-25)26-9-4-5-10-26/h2-3,6,8H,4-5,7,9-11,13-14H2,1H3,(H,23,24). The van der Waals surface area contributed by atoms with Gasteiger partial charge in [0.2, 0.25) is 0 Å². The average molecular weight is 348 g/mol. The van der Waals surface area contributed by atoms with Crippen molar-refractivity contribution in [3.63, 3.8) is 0 Å². The van der Waals surface area contributed by atoms with E-state index in [9.17, 15) is 5.26 Å². The van der Waals surface area contributed by atoms with E-state index in [2.05, 4.69) is 33.2 Å². The minimum atomic E-state index is 0.570. The first kappa shape index (κ1) is 16.8. The molecular weight excluding hydrogens is 324 g/mol. The van der Waals surface area contributed by atoms with Crippen molar-refractivity contribution in [1.82, 2.24) is 14.9 Å². The van der Waals surface area contributed by atoms with E-state index in [0.717, 1.165) is 44.1 Å². The summed E-state index contributed by atoms with van der Waals surface area (Å²) in [5, 5.41) is 13.2. The van der Waals surface area contributed by atoms with Crippen molar-refractivity contribution in [3.8, 4) is 6.07 Å². The summed E-state index contributed by atoms with van der Waals surface area (Å²) in [5.74, 6) is 1.76. The summed E-state index contributed by atoms with van der Waals surface area (Å²) in [5.41, 5.74) is 4.05. The van der Waals surface area contributed by atoms with Crippen LogP contribution in [0.2, 0.25) is 0 Å². The van der Waals surface area contributed by atoms with Gasteiger partial charge in [0.05, 0.1) is 17.8 Å². The van der Waals surface area contributed by atoms with Gasteiger partial charge in [0, 0.05) is 37.9 Å². The van der Waals surface area contributed by atoms with Gasteiger partial charge in [-0.15, -0.1) is 0 Å². The van der Waals surface area contributed by atoms with Gasteiger partial charge in [-0.1, -0.05) is 6.07 Å². The van der Waals surface area contributed by atoms with Gasteiger partial charge in [-0.3, -0.25) is 4.98 Å². The highest BCUT2D eigenvalue weighted by Gasteiger charge is 2.27. The lowest BCUT2D eigenvalue weighted by Crippen LogP contribution is -2.31. The Morgan fingerprint density at radius 3 is 2.77 bits per heavy atom. The SMILES string of the molecule is CN1CCc2c(C#N)c(NCc3ccccn3)nc(N3CCCC3)c2C1. The van der Waals surface area contributed by atoms with Gasteiger partial charge >= 0.3 is 0 Å². The number of anilines is 2. The van der Waals surface area contributed by atoms with Gasteiger partial charge in [0.25, 0.3) is 0 Å². The van der Waals surface area contributed by atoms with Crippen molar-refractivity contribution >= 4 is 11.6 Å². The number of nitriles is 1. The van der Waals surface area contributed by atoms with E-state index in [-0.39, 0.29) is 0 Å². The van der Waals surface area contributed by atoms with Gasteiger partial charge < -0.3 is 15.1 Å². The van der Waals surface area contributed by atoms with Gasteiger partial charge in [-0.2, -0.15) is 5.26 Å². The first-order chi connectivity index (χ1) is 12.8. The van der Waals surface area contributed by atoms with E-state index in [0.29, 0.717) is 17.9 Å². The number of likely N-dealkylation sites (N-methyl/N-ethyl adjacent to an activating group) is 1. The second-order valence-electron chi connectivity index (χ2n) is 7.08. The van der Waals surface area contributed by atoms with Gasteiger partial charge in [-0.05, 0) is 44.0 Å². The molecule has 0 unspecified atom stereocenters. The van der Waals surface area contributed by atoms with E-state index in [1.54, 1.807) is 6.20 Å². The van der Waals surface area contributed by atoms with E-state index in [1.165, 1.54) is 24.0 Å². The highest BCUT2D eigenvalue weighted by molar-refractivity contribution is 5.67. The highest BCUT2D eigenvalue weighted by atomic mass is 15.2. The molecule has 26 heavy (non-hydrogen) atoms. The molecule has 2 aliphatic heterocycles. The number of hydrogen-bond donors (Lipinski definition) is 1. The molecule has 1 saturated heterocycles. The third-order valence-electron chi connectivity index (χ3n) is 5.24. The maximum Gasteiger partial charge on any atom is 0.147 e. The molecule has 0 bridgehead atoms. The Labute approximate surface area is 154 Å². The van der Waals surface area contributed by atoms with Crippen molar-refractivity contribution in [2.24, 2.45) is 0 Å². The van der Waals surface area contributed by atoms with E-state index >= 15 is 0 Å². The number of aromatic nitrogens is 2. The summed E-state index contributed by atoms with van der Waals surface area (Å²) in [4.78, 5) is 14.0. The molecule has 1 N–H and O–H groups in total. The van der Waals surface area contributed by atoms with Crippen molar-refractivity contribution in [2.45, 2.75) is 32.4 Å². The van der Waals surface area contributed by atoms with Crippen LogP contribution in [0.5, 0.6) is 0 Å². The molecule has 4 heterocycles. The fraction of sp³-hybridized carbons (Fsp3) is 0.450. The third kappa shape index (κ3) is 3.23. The Bertz CT molecular complexity index is 820. The van der Waals surface area contributed by atoms with Crippen LogP contribution in [0.3, 0.4) is 0 Å². The van der Waals surface area contributed by atoms with Crippen molar-refractivity contribution in [1.29, 1.82) is 5.26 Å². The predicted octanol–water partition coefficient (Wildman–Crippen LogP) is 2.55. The van der Waals surface area contributed by atoms with Crippen LogP contribution >= 0.6 is 0 Å². The summed E-state index contributed by atoms with van der Waals surface area (Å²) in [6.07, 6.45) is 5.11. The van der Waals surface area contributed by atoms with Crippen LogP contribution in [0.15, 0.2) is 24.4 Å². The van der Waals surface area contributed by atoms with Crippen molar-refractivity contribution in [2.75, 3.05) is 36.9 Å². The van der Waals surface area contributed by atoms with Crippen LogP contribution in [0.1, 0.15) is 35.2 Å². The van der Waals surface area contributed by atoms with Crippen LogP contribution in [0, 0.1) is 11.3 Å². The lowest BCUT2D eigenvalue weighted by molar-refractivity contribution is 0.312. The molecular formula is C20H24N6. The number of rotatable bonds is 4. The molecule has 0 atom stereocenters. The molecule has 0 radical (unpaired) electrons. The maximum atomic E-state index is 9.82. The number of nitrogens with zero attached hydrogens (tertiary/aromatic N) is 5. The van der Waals surface area contributed by atoms with E-state index in [1.807, 2.05) is 18.2 Å². The largest absolute Gasteiger partial charge is 0.363 e. The number of fused-ring (bicyclic) bond motifs is 1. The van der Waals surface area contributed by atoms with Crippen LogP contribution in [-0.2, 0) is 19.5 Å². The molecule has 0 amide bonds. The summed E-state index contributed by atoms with van der Waals surface area (Å²) in [6.45, 7) is 4.51.